The van der Waals surface area contributed by atoms with Crippen molar-refractivity contribution >= 4 is 50.8 Å². The van der Waals surface area contributed by atoms with E-state index in [0.29, 0.717) is 28.7 Å². The van der Waals surface area contributed by atoms with Crippen molar-refractivity contribution in [2.24, 2.45) is 0 Å². The van der Waals surface area contributed by atoms with Crippen molar-refractivity contribution in [3.63, 3.8) is 0 Å². The second-order valence-corrected chi connectivity index (χ2v) is 6.46. The SMILES string of the molecule is CCOc1cc(/C=C2/C(=O)Nc3cc(Cl)ccc32)cc(Br)c1OC. The molecule has 0 spiro atoms. The molecule has 0 aliphatic carbocycles. The monoisotopic (exact) mass is 407 g/mol. The van der Waals surface area contributed by atoms with E-state index in [0.717, 1.165) is 21.3 Å². The number of carbonyl (C=O) groups excluding carboxylic acids is 1. The zero-order chi connectivity index (χ0) is 17.3. The number of hydrogen-bond donors (Lipinski definition) is 1. The molecule has 124 valence electrons. The maximum atomic E-state index is 12.3. The molecule has 0 saturated heterocycles. The van der Waals surface area contributed by atoms with Crippen molar-refractivity contribution < 1.29 is 14.3 Å². The van der Waals surface area contributed by atoms with Crippen LogP contribution >= 0.6 is 27.5 Å². The average Bonchev–Trinajstić information content (AvgIpc) is 2.82. The maximum absolute atomic E-state index is 12.3. The summed E-state index contributed by atoms with van der Waals surface area (Å²) in [6, 6.07) is 9.08. The Morgan fingerprint density at radius 1 is 1.29 bits per heavy atom. The summed E-state index contributed by atoms with van der Waals surface area (Å²) < 4.78 is 11.7. The molecule has 1 heterocycles. The number of methoxy groups -OCH3 is 1. The van der Waals surface area contributed by atoms with Gasteiger partial charge in [0.15, 0.2) is 11.5 Å². The Kier molecular flexibility index (Phi) is 4.83. The Balaban J connectivity index is 2.08. The fraction of sp³-hybridized carbons (Fsp3) is 0.167. The first-order valence-corrected chi connectivity index (χ1v) is 8.54. The van der Waals surface area contributed by atoms with E-state index in [4.69, 9.17) is 21.1 Å². The molecule has 1 aliphatic rings. The van der Waals surface area contributed by atoms with Gasteiger partial charge in [-0.1, -0.05) is 17.7 Å². The number of anilines is 1. The molecule has 4 nitrogen and oxygen atoms in total. The molecule has 0 saturated carbocycles. The maximum Gasteiger partial charge on any atom is 0.256 e. The number of fused-ring (bicyclic) bond motifs is 1. The molecule has 0 fully saturated rings. The summed E-state index contributed by atoms with van der Waals surface area (Å²) in [5.74, 6) is 1.09. The lowest BCUT2D eigenvalue weighted by atomic mass is 10.0. The van der Waals surface area contributed by atoms with E-state index in [1.165, 1.54) is 0 Å². The van der Waals surface area contributed by atoms with Gasteiger partial charge < -0.3 is 14.8 Å². The van der Waals surface area contributed by atoms with Crippen LogP contribution in [0.1, 0.15) is 18.1 Å². The van der Waals surface area contributed by atoms with E-state index in [2.05, 4.69) is 21.2 Å². The molecule has 0 radical (unpaired) electrons. The number of benzene rings is 2. The van der Waals surface area contributed by atoms with Gasteiger partial charge in [0.25, 0.3) is 5.91 Å². The highest BCUT2D eigenvalue weighted by molar-refractivity contribution is 9.10. The summed E-state index contributed by atoms with van der Waals surface area (Å²) in [6.07, 6.45) is 1.82. The average molecular weight is 409 g/mol. The minimum atomic E-state index is -0.155. The van der Waals surface area contributed by atoms with Gasteiger partial charge in [0, 0.05) is 16.2 Å². The van der Waals surface area contributed by atoms with Gasteiger partial charge in [0.05, 0.1) is 23.9 Å². The van der Waals surface area contributed by atoms with Crippen molar-refractivity contribution in [2.75, 3.05) is 19.0 Å². The highest BCUT2D eigenvalue weighted by atomic mass is 79.9. The molecule has 1 amide bonds. The molecule has 0 bridgehead atoms. The fourth-order valence-electron chi connectivity index (χ4n) is 2.61. The van der Waals surface area contributed by atoms with Gasteiger partial charge in [-0.25, -0.2) is 0 Å². The standard InChI is InChI=1S/C18H15BrClNO3/c1-3-24-16-8-10(7-14(19)17(16)23-2)6-13-12-5-4-11(20)9-15(12)21-18(13)22/h4-9H,3H2,1-2H3,(H,21,22)/b13-6+. The number of halogens is 2. The lowest BCUT2D eigenvalue weighted by molar-refractivity contribution is -0.110. The van der Waals surface area contributed by atoms with Crippen LogP contribution in [0.2, 0.25) is 5.02 Å². The number of carbonyl (C=O) groups is 1. The predicted molar refractivity (Wildman–Crippen MR) is 99.8 cm³/mol. The van der Waals surface area contributed by atoms with E-state index in [1.807, 2.05) is 31.2 Å². The third kappa shape index (κ3) is 3.14. The van der Waals surface area contributed by atoms with Crippen molar-refractivity contribution in [1.29, 1.82) is 0 Å². The van der Waals surface area contributed by atoms with Gasteiger partial charge in [0.1, 0.15) is 0 Å². The lowest BCUT2D eigenvalue weighted by Gasteiger charge is -2.12. The minimum absolute atomic E-state index is 0.155. The molecular weight excluding hydrogens is 394 g/mol. The van der Waals surface area contributed by atoms with Crippen LogP contribution in [0.25, 0.3) is 11.6 Å². The minimum Gasteiger partial charge on any atom is -0.492 e. The highest BCUT2D eigenvalue weighted by Crippen LogP contribution is 2.39. The topological polar surface area (TPSA) is 47.6 Å². The van der Waals surface area contributed by atoms with Gasteiger partial charge in [-0.3, -0.25) is 4.79 Å². The third-order valence-corrected chi connectivity index (χ3v) is 4.44. The molecule has 0 aromatic heterocycles. The first kappa shape index (κ1) is 16.9. The Labute approximate surface area is 153 Å². The van der Waals surface area contributed by atoms with Crippen molar-refractivity contribution in [1.82, 2.24) is 0 Å². The lowest BCUT2D eigenvalue weighted by Crippen LogP contribution is -2.03. The van der Waals surface area contributed by atoms with Gasteiger partial charge in [-0.05, 0) is 58.8 Å². The zero-order valence-electron chi connectivity index (χ0n) is 13.2. The summed E-state index contributed by atoms with van der Waals surface area (Å²) in [5, 5.41) is 3.41. The molecule has 2 aromatic carbocycles. The summed E-state index contributed by atoms with van der Waals surface area (Å²) in [7, 11) is 1.59. The van der Waals surface area contributed by atoms with Crippen LogP contribution < -0.4 is 14.8 Å². The quantitative estimate of drug-likeness (QED) is 0.724. The number of rotatable bonds is 4. The second-order valence-electron chi connectivity index (χ2n) is 5.17. The Hall–Kier alpha value is -1.98. The summed E-state index contributed by atoms with van der Waals surface area (Å²) >= 11 is 9.46. The zero-order valence-corrected chi connectivity index (χ0v) is 15.5. The molecule has 1 N–H and O–H groups in total. The third-order valence-electron chi connectivity index (χ3n) is 3.61. The van der Waals surface area contributed by atoms with Crippen molar-refractivity contribution in [3.8, 4) is 11.5 Å². The van der Waals surface area contributed by atoms with Crippen LogP contribution in [0.5, 0.6) is 11.5 Å². The van der Waals surface area contributed by atoms with E-state index < -0.39 is 0 Å². The van der Waals surface area contributed by atoms with Crippen LogP contribution in [0, 0.1) is 0 Å². The largest absolute Gasteiger partial charge is 0.492 e. The predicted octanol–water partition coefficient (Wildman–Crippen LogP) is 5.00. The number of hydrogen-bond acceptors (Lipinski definition) is 3. The first-order valence-electron chi connectivity index (χ1n) is 7.36. The highest BCUT2D eigenvalue weighted by Gasteiger charge is 2.24. The van der Waals surface area contributed by atoms with Crippen LogP contribution in [-0.2, 0) is 4.79 Å². The Morgan fingerprint density at radius 2 is 2.08 bits per heavy atom. The molecular formula is C18H15BrClNO3. The van der Waals surface area contributed by atoms with Crippen LogP contribution in [0.15, 0.2) is 34.8 Å². The normalized spacial score (nSPS) is 14.5. The number of amides is 1. The van der Waals surface area contributed by atoms with Crippen LogP contribution in [0.4, 0.5) is 5.69 Å². The van der Waals surface area contributed by atoms with Gasteiger partial charge in [-0.15, -0.1) is 0 Å². The molecule has 2 aromatic rings. The van der Waals surface area contributed by atoms with E-state index >= 15 is 0 Å². The molecule has 3 rings (SSSR count). The van der Waals surface area contributed by atoms with E-state index in [-0.39, 0.29) is 5.91 Å². The number of ether oxygens (including phenoxy) is 2. The summed E-state index contributed by atoms with van der Waals surface area (Å²) in [5.41, 5.74) is 2.96. The van der Waals surface area contributed by atoms with Crippen molar-refractivity contribution in [3.05, 3.63) is 51.0 Å². The van der Waals surface area contributed by atoms with Crippen molar-refractivity contribution in [2.45, 2.75) is 6.92 Å². The van der Waals surface area contributed by atoms with Crippen LogP contribution in [0.3, 0.4) is 0 Å². The molecule has 24 heavy (non-hydrogen) atoms. The van der Waals surface area contributed by atoms with Crippen LogP contribution in [-0.4, -0.2) is 19.6 Å². The fourth-order valence-corrected chi connectivity index (χ4v) is 3.40. The molecule has 1 aliphatic heterocycles. The molecule has 0 unspecified atom stereocenters. The van der Waals surface area contributed by atoms with E-state index in [9.17, 15) is 4.79 Å². The Bertz CT molecular complexity index is 848. The van der Waals surface area contributed by atoms with E-state index in [1.54, 1.807) is 19.2 Å². The second kappa shape index (κ2) is 6.87. The first-order chi connectivity index (χ1) is 11.5. The summed E-state index contributed by atoms with van der Waals surface area (Å²) in [4.78, 5) is 12.3. The molecule has 0 atom stereocenters. The number of nitrogens with one attached hydrogen (secondary N) is 1. The van der Waals surface area contributed by atoms with Gasteiger partial charge in [0.2, 0.25) is 0 Å². The summed E-state index contributed by atoms with van der Waals surface area (Å²) in [6.45, 7) is 2.42. The Morgan fingerprint density at radius 3 is 2.79 bits per heavy atom. The molecule has 6 heteroatoms. The van der Waals surface area contributed by atoms with Gasteiger partial charge in [-0.2, -0.15) is 0 Å². The smallest absolute Gasteiger partial charge is 0.256 e. The van der Waals surface area contributed by atoms with Gasteiger partial charge >= 0.3 is 0 Å².